The second-order valence-electron chi connectivity index (χ2n) is 8.03. The molecule has 7 aromatic rings. The molecule has 4 aromatic heterocycles. The van der Waals surface area contributed by atoms with Crippen molar-refractivity contribution in [2.45, 2.75) is 0 Å². The lowest BCUT2D eigenvalue weighted by molar-refractivity contribution is 0.205. The van der Waals surface area contributed by atoms with Crippen molar-refractivity contribution < 1.29 is 5.21 Å². The highest BCUT2D eigenvalue weighted by Gasteiger charge is 2.23. The number of pyridine rings is 2. The zero-order valence-electron chi connectivity index (χ0n) is 17.4. The topological polar surface area (TPSA) is 79.6 Å². The first-order chi connectivity index (χ1) is 16.3. The lowest BCUT2D eigenvalue weighted by Gasteiger charge is -2.05. The second-order valence-corrected chi connectivity index (χ2v) is 8.03. The van der Waals surface area contributed by atoms with Crippen molar-refractivity contribution in [1.29, 1.82) is 0 Å². The van der Waals surface area contributed by atoms with Crippen LogP contribution >= 0.6 is 0 Å². The molecule has 156 valence electrons. The number of aromatic amines is 1. The van der Waals surface area contributed by atoms with Crippen LogP contribution in [0.5, 0.6) is 0 Å². The molecule has 0 amide bonds. The quantitative estimate of drug-likeness (QED) is 0.255. The van der Waals surface area contributed by atoms with E-state index in [1.165, 1.54) is 4.73 Å². The number of H-pyrrole nitrogens is 1. The van der Waals surface area contributed by atoms with E-state index in [-0.39, 0.29) is 0 Å². The Morgan fingerprint density at radius 3 is 2.15 bits per heavy atom. The zero-order chi connectivity index (χ0) is 21.9. The smallest absolute Gasteiger partial charge is 0.141 e. The Morgan fingerprint density at radius 1 is 0.667 bits per heavy atom. The highest BCUT2D eigenvalue weighted by atomic mass is 16.5. The maximum absolute atomic E-state index is 11.2. The number of rotatable bonds is 2. The third-order valence-corrected chi connectivity index (χ3v) is 6.20. The molecule has 6 heteroatoms. The maximum Gasteiger partial charge on any atom is 0.141 e. The van der Waals surface area contributed by atoms with Crippen LogP contribution in [0.1, 0.15) is 0 Å². The number of aromatic nitrogens is 5. The fourth-order valence-corrected chi connectivity index (χ4v) is 4.79. The molecule has 6 nitrogen and oxygen atoms in total. The Balaban J connectivity index is 1.65. The molecular weight excluding hydrogens is 410 g/mol. The summed E-state index contributed by atoms with van der Waals surface area (Å²) in [6.07, 6.45) is 3.56. The van der Waals surface area contributed by atoms with E-state index in [4.69, 9.17) is 4.98 Å². The van der Waals surface area contributed by atoms with Crippen molar-refractivity contribution in [3.8, 4) is 22.6 Å². The lowest BCUT2D eigenvalue weighted by Crippen LogP contribution is -1.94. The van der Waals surface area contributed by atoms with E-state index in [2.05, 4.69) is 15.0 Å². The molecule has 0 saturated carbocycles. The lowest BCUT2D eigenvalue weighted by atomic mass is 10.0. The van der Waals surface area contributed by atoms with Gasteiger partial charge >= 0.3 is 0 Å². The number of para-hydroxylation sites is 1. The molecule has 0 bridgehead atoms. The summed E-state index contributed by atoms with van der Waals surface area (Å²) in [5.74, 6) is 0.689. The molecule has 0 radical (unpaired) electrons. The monoisotopic (exact) mass is 427 g/mol. The average molecular weight is 427 g/mol. The molecule has 0 atom stereocenters. The number of hydrogen-bond donors (Lipinski definition) is 2. The summed E-state index contributed by atoms with van der Waals surface area (Å²) < 4.78 is 1.26. The molecule has 3 aromatic carbocycles. The molecule has 0 aliphatic rings. The molecule has 0 fully saturated rings. The number of nitrogens with zero attached hydrogens (tertiary/aromatic N) is 4. The van der Waals surface area contributed by atoms with E-state index < -0.39 is 0 Å². The number of nitrogens with one attached hydrogen (secondary N) is 1. The van der Waals surface area contributed by atoms with E-state index in [1.54, 1.807) is 12.4 Å². The Morgan fingerprint density at radius 2 is 1.33 bits per heavy atom. The van der Waals surface area contributed by atoms with Crippen LogP contribution in [0.15, 0.2) is 91.3 Å². The van der Waals surface area contributed by atoms with E-state index in [0.29, 0.717) is 11.5 Å². The molecule has 0 unspecified atom stereocenters. The largest absolute Gasteiger partial charge is 0.428 e. The Bertz CT molecular complexity index is 1760. The van der Waals surface area contributed by atoms with Gasteiger partial charge in [-0.25, -0.2) is 4.98 Å². The molecule has 0 saturated heterocycles. The van der Waals surface area contributed by atoms with Gasteiger partial charge in [0.15, 0.2) is 0 Å². The molecular formula is C27H17N5O. The fourth-order valence-electron chi connectivity index (χ4n) is 4.79. The van der Waals surface area contributed by atoms with Crippen LogP contribution in [0.25, 0.3) is 66.4 Å². The van der Waals surface area contributed by atoms with Gasteiger partial charge in [0.2, 0.25) is 0 Å². The normalized spacial score (nSPS) is 11.8. The summed E-state index contributed by atoms with van der Waals surface area (Å²) in [5, 5.41) is 14.0. The second kappa shape index (κ2) is 6.64. The maximum atomic E-state index is 11.2. The third-order valence-electron chi connectivity index (χ3n) is 6.20. The summed E-state index contributed by atoms with van der Waals surface area (Å²) in [7, 11) is 0. The Hall–Kier alpha value is -4.71. The van der Waals surface area contributed by atoms with Gasteiger partial charge in [0.05, 0.1) is 38.8 Å². The minimum Gasteiger partial charge on any atom is -0.428 e. The summed E-state index contributed by atoms with van der Waals surface area (Å²) in [6.45, 7) is 0. The number of hydrogen-bond acceptors (Lipinski definition) is 4. The number of benzene rings is 3. The van der Waals surface area contributed by atoms with Gasteiger partial charge in [-0.1, -0.05) is 48.5 Å². The SMILES string of the molecule is On1c(-c2ccccc2)c(-c2nc3c4cccnc4c4ncccc4c3[nH]2)c2ccccc21. The van der Waals surface area contributed by atoms with Gasteiger partial charge in [0.25, 0.3) is 0 Å². The van der Waals surface area contributed by atoms with Gasteiger partial charge in [-0.2, -0.15) is 4.73 Å². The van der Waals surface area contributed by atoms with Gasteiger partial charge in [-0.05, 0) is 30.3 Å². The van der Waals surface area contributed by atoms with E-state index in [9.17, 15) is 5.21 Å². The van der Waals surface area contributed by atoms with Crippen molar-refractivity contribution in [2.75, 3.05) is 0 Å². The standard InChI is InChI=1S/C27H17N5O/c33-32-20-13-5-4-10-17(20)21(26(32)16-8-2-1-3-9-16)27-30-24-18-11-6-14-28-22(18)23-19(25(24)31-27)12-7-15-29-23/h1-15,33H,(H,30,31). The van der Waals surface area contributed by atoms with E-state index in [0.717, 1.165) is 54.9 Å². The van der Waals surface area contributed by atoms with Crippen LogP contribution in [-0.2, 0) is 0 Å². The van der Waals surface area contributed by atoms with Gasteiger partial charge in [-0.3, -0.25) is 9.97 Å². The Kier molecular flexibility index (Phi) is 3.61. The van der Waals surface area contributed by atoms with Crippen molar-refractivity contribution >= 4 is 43.7 Å². The first-order valence-electron chi connectivity index (χ1n) is 10.7. The predicted molar refractivity (Wildman–Crippen MR) is 130 cm³/mol. The number of fused-ring (bicyclic) bond motifs is 7. The predicted octanol–water partition coefficient (Wildman–Crippen LogP) is 6.19. The molecule has 2 N–H and O–H groups in total. The van der Waals surface area contributed by atoms with Gasteiger partial charge in [0.1, 0.15) is 5.82 Å². The average Bonchev–Trinajstić information content (AvgIpc) is 3.45. The van der Waals surface area contributed by atoms with Crippen LogP contribution < -0.4 is 0 Å². The van der Waals surface area contributed by atoms with E-state index in [1.807, 2.05) is 78.9 Å². The molecule has 0 spiro atoms. The fraction of sp³-hybridized carbons (Fsp3) is 0. The van der Waals surface area contributed by atoms with Crippen molar-refractivity contribution in [3.05, 3.63) is 91.3 Å². The van der Waals surface area contributed by atoms with Crippen LogP contribution in [0.4, 0.5) is 0 Å². The highest BCUT2D eigenvalue weighted by Crippen LogP contribution is 2.41. The zero-order valence-corrected chi connectivity index (χ0v) is 17.4. The molecule has 7 rings (SSSR count). The Labute approximate surface area is 187 Å². The molecule has 0 aliphatic carbocycles. The van der Waals surface area contributed by atoms with Gasteiger partial charge < -0.3 is 10.2 Å². The summed E-state index contributed by atoms with van der Waals surface area (Å²) in [6, 6.07) is 25.6. The molecule has 0 aliphatic heterocycles. The molecule has 33 heavy (non-hydrogen) atoms. The van der Waals surface area contributed by atoms with Crippen molar-refractivity contribution in [2.24, 2.45) is 0 Å². The summed E-state index contributed by atoms with van der Waals surface area (Å²) in [4.78, 5) is 17.8. The van der Waals surface area contributed by atoms with Crippen LogP contribution in [0.2, 0.25) is 0 Å². The number of imidazole rings is 1. The van der Waals surface area contributed by atoms with E-state index >= 15 is 0 Å². The van der Waals surface area contributed by atoms with Crippen LogP contribution in [0, 0.1) is 0 Å². The molecule has 4 heterocycles. The summed E-state index contributed by atoms with van der Waals surface area (Å²) >= 11 is 0. The third kappa shape index (κ3) is 2.46. The van der Waals surface area contributed by atoms with Crippen molar-refractivity contribution in [1.82, 2.24) is 24.7 Å². The summed E-state index contributed by atoms with van der Waals surface area (Å²) in [5.41, 5.74) is 6.58. The first-order valence-corrected chi connectivity index (χ1v) is 10.7. The first kappa shape index (κ1) is 17.9. The van der Waals surface area contributed by atoms with Gasteiger partial charge in [-0.15, -0.1) is 0 Å². The van der Waals surface area contributed by atoms with Gasteiger partial charge in [0, 0.05) is 34.1 Å². The highest BCUT2D eigenvalue weighted by molar-refractivity contribution is 6.21. The van der Waals surface area contributed by atoms with Crippen LogP contribution in [0.3, 0.4) is 0 Å². The van der Waals surface area contributed by atoms with Crippen LogP contribution in [-0.4, -0.2) is 29.9 Å². The minimum atomic E-state index is 0.689. The minimum absolute atomic E-state index is 0.689. The van der Waals surface area contributed by atoms with Crippen molar-refractivity contribution in [3.63, 3.8) is 0 Å².